The van der Waals surface area contributed by atoms with Crippen LogP contribution in [0.4, 0.5) is 0 Å². The minimum atomic E-state index is -0.355. The fraction of sp³-hybridized carbons (Fsp3) is 0.0741. The van der Waals surface area contributed by atoms with Crippen molar-refractivity contribution in [1.29, 1.82) is 0 Å². The molecular formula is C27H19N3O3S. The number of fused-ring (bicyclic) bond motifs is 4. The second-order valence-corrected chi connectivity index (χ2v) is 9.06. The van der Waals surface area contributed by atoms with E-state index in [1.54, 1.807) is 10.5 Å². The van der Waals surface area contributed by atoms with E-state index in [1.807, 2.05) is 60.7 Å². The molecule has 0 aliphatic carbocycles. The molecule has 3 aromatic heterocycles. The van der Waals surface area contributed by atoms with Crippen LogP contribution in [0.1, 0.15) is 21.5 Å². The third kappa shape index (κ3) is 3.29. The van der Waals surface area contributed by atoms with Crippen LogP contribution in [0.25, 0.3) is 33.0 Å². The predicted octanol–water partition coefficient (Wildman–Crippen LogP) is 4.25. The molecule has 166 valence electrons. The molecule has 0 atom stereocenters. The van der Waals surface area contributed by atoms with E-state index in [0.29, 0.717) is 21.6 Å². The van der Waals surface area contributed by atoms with Gasteiger partial charge in [-0.25, -0.2) is 14.2 Å². The number of para-hydroxylation sites is 3. The lowest BCUT2D eigenvalue weighted by molar-refractivity contribution is 0.0600. The molecule has 3 heterocycles. The molecule has 7 heteroatoms. The minimum absolute atomic E-state index is 0.0590. The summed E-state index contributed by atoms with van der Waals surface area (Å²) in [6.45, 7) is 0.585. The highest BCUT2D eigenvalue weighted by Gasteiger charge is 2.13. The zero-order chi connectivity index (χ0) is 23.2. The number of rotatable bonds is 4. The van der Waals surface area contributed by atoms with Crippen molar-refractivity contribution in [3.05, 3.63) is 111 Å². The van der Waals surface area contributed by atoms with Gasteiger partial charge in [-0.15, -0.1) is 0 Å². The van der Waals surface area contributed by atoms with Gasteiger partial charge in [0, 0.05) is 29.2 Å². The summed E-state index contributed by atoms with van der Waals surface area (Å²) in [6.07, 6.45) is 4.00. The first-order chi connectivity index (χ1) is 16.6. The van der Waals surface area contributed by atoms with Crippen molar-refractivity contribution >= 4 is 50.3 Å². The van der Waals surface area contributed by atoms with Crippen LogP contribution in [0.3, 0.4) is 0 Å². The van der Waals surface area contributed by atoms with Crippen molar-refractivity contribution in [2.45, 2.75) is 6.54 Å². The first-order valence-electron chi connectivity index (χ1n) is 10.8. The number of carbonyl (C=O) groups is 1. The maximum atomic E-state index is 13.2. The molecule has 0 spiro atoms. The molecule has 6 rings (SSSR count). The Morgan fingerprint density at radius 1 is 1.03 bits per heavy atom. The van der Waals surface area contributed by atoms with Crippen molar-refractivity contribution in [3.63, 3.8) is 0 Å². The molecule has 0 saturated heterocycles. The lowest BCUT2D eigenvalue weighted by Crippen LogP contribution is -2.22. The fourth-order valence-electron chi connectivity index (χ4n) is 4.39. The smallest absolute Gasteiger partial charge is 0.337 e. The average Bonchev–Trinajstić information content (AvgIpc) is 3.50. The molecule has 0 aliphatic rings. The largest absolute Gasteiger partial charge is 0.465 e. The second kappa shape index (κ2) is 7.97. The summed E-state index contributed by atoms with van der Waals surface area (Å²) in [6, 6.07) is 23.2. The van der Waals surface area contributed by atoms with Gasteiger partial charge in [-0.2, -0.15) is 0 Å². The van der Waals surface area contributed by atoms with Gasteiger partial charge in [0.15, 0.2) is 4.96 Å². The molecule has 0 amide bonds. The molecule has 34 heavy (non-hydrogen) atoms. The minimum Gasteiger partial charge on any atom is -0.465 e. The zero-order valence-corrected chi connectivity index (χ0v) is 19.1. The number of thiazole rings is 1. The Bertz CT molecular complexity index is 1830. The third-order valence-corrected chi connectivity index (χ3v) is 6.92. The van der Waals surface area contributed by atoms with Gasteiger partial charge < -0.3 is 9.30 Å². The van der Waals surface area contributed by atoms with Crippen molar-refractivity contribution in [2.24, 2.45) is 0 Å². The molecule has 3 aromatic carbocycles. The average molecular weight is 466 g/mol. The van der Waals surface area contributed by atoms with E-state index in [1.165, 1.54) is 18.4 Å². The first-order valence-corrected chi connectivity index (χ1v) is 11.6. The SMILES string of the molecule is COC(=O)c1cccc(Cn2cc(/C=c3\sc4nc5ccccc5n4c3=O)c3ccccc32)c1. The Kier molecular flexibility index (Phi) is 4.78. The Labute approximate surface area is 198 Å². The van der Waals surface area contributed by atoms with Crippen LogP contribution in [0.15, 0.2) is 83.8 Å². The van der Waals surface area contributed by atoms with Gasteiger partial charge in [-0.1, -0.05) is 53.8 Å². The summed E-state index contributed by atoms with van der Waals surface area (Å²) >= 11 is 1.40. The number of carbonyl (C=O) groups excluding carboxylic acids is 1. The van der Waals surface area contributed by atoms with Gasteiger partial charge in [0.1, 0.15) is 0 Å². The molecule has 0 aliphatic heterocycles. The van der Waals surface area contributed by atoms with Gasteiger partial charge in [-0.05, 0) is 42.0 Å². The van der Waals surface area contributed by atoms with E-state index in [-0.39, 0.29) is 11.5 Å². The number of nitrogens with zero attached hydrogens (tertiary/aromatic N) is 3. The van der Waals surface area contributed by atoms with E-state index in [9.17, 15) is 9.59 Å². The van der Waals surface area contributed by atoms with E-state index >= 15 is 0 Å². The fourth-order valence-corrected chi connectivity index (χ4v) is 5.36. The number of esters is 1. The monoisotopic (exact) mass is 465 g/mol. The lowest BCUT2D eigenvalue weighted by Gasteiger charge is -2.07. The van der Waals surface area contributed by atoms with E-state index in [4.69, 9.17) is 4.74 Å². The van der Waals surface area contributed by atoms with Gasteiger partial charge in [-0.3, -0.25) is 4.79 Å². The Morgan fingerprint density at radius 3 is 2.68 bits per heavy atom. The van der Waals surface area contributed by atoms with Gasteiger partial charge in [0.05, 0.1) is 28.2 Å². The molecule has 0 radical (unpaired) electrons. The van der Waals surface area contributed by atoms with Crippen LogP contribution in [0.2, 0.25) is 0 Å². The van der Waals surface area contributed by atoms with E-state index in [0.717, 1.165) is 33.1 Å². The maximum Gasteiger partial charge on any atom is 0.337 e. The van der Waals surface area contributed by atoms with Crippen molar-refractivity contribution in [2.75, 3.05) is 7.11 Å². The number of hydrogen-bond acceptors (Lipinski definition) is 5. The topological polar surface area (TPSA) is 65.6 Å². The Morgan fingerprint density at radius 2 is 1.82 bits per heavy atom. The normalized spacial score (nSPS) is 12.2. The number of imidazole rings is 1. The highest BCUT2D eigenvalue weighted by molar-refractivity contribution is 7.15. The summed E-state index contributed by atoms with van der Waals surface area (Å²) in [5.41, 5.74) is 5.11. The van der Waals surface area contributed by atoms with Crippen LogP contribution >= 0.6 is 11.3 Å². The second-order valence-electron chi connectivity index (χ2n) is 8.06. The predicted molar refractivity (Wildman–Crippen MR) is 134 cm³/mol. The highest BCUT2D eigenvalue weighted by Crippen LogP contribution is 2.24. The van der Waals surface area contributed by atoms with Crippen LogP contribution in [-0.4, -0.2) is 27.0 Å². The zero-order valence-electron chi connectivity index (χ0n) is 18.3. The van der Waals surface area contributed by atoms with Crippen molar-refractivity contribution in [3.8, 4) is 0 Å². The van der Waals surface area contributed by atoms with Gasteiger partial charge in [0.2, 0.25) is 0 Å². The van der Waals surface area contributed by atoms with Crippen molar-refractivity contribution < 1.29 is 9.53 Å². The van der Waals surface area contributed by atoms with Gasteiger partial charge >= 0.3 is 5.97 Å². The number of aromatic nitrogens is 3. The first kappa shape index (κ1) is 20.4. The standard InChI is InChI=1S/C27H19N3O3S/c1-33-26(32)18-8-6-7-17(13-18)15-29-16-19(20-9-2-4-11-22(20)29)14-24-25(31)30-23-12-5-3-10-21(23)28-27(30)34-24/h2-14,16H,15H2,1H3/b24-14-. The number of methoxy groups -OCH3 is 1. The summed E-state index contributed by atoms with van der Waals surface area (Å²) in [7, 11) is 1.38. The molecule has 0 saturated carbocycles. The van der Waals surface area contributed by atoms with Crippen LogP contribution in [0, 0.1) is 0 Å². The van der Waals surface area contributed by atoms with Crippen LogP contribution in [-0.2, 0) is 11.3 Å². The summed E-state index contributed by atoms with van der Waals surface area (Å²) < 4.78 is 9.31. The third-order valence-electron chi connectivity index (χ3n) is 5.95. The number of benzene rings is 3. The van der Waals surface area contributed by atoms with E-state index < -0.39 is 0 Å². The molecule has 6 aromatic rings. The molecule has 6 nitrogen and oxygen atoms in total. The number of ether oxygens (including phenoxy) is 1. The molecular weight excluding hydrogens is 446 g/mol. The molecule has 0 unspecified atom stereocenters. The Balaban J connectivity index is 1.47. The maximum absolute atomic E-state index is 13.2. The number of hydrogen-bond donors (Lipinski definition) is 0. The summed E-state index contributed by atoms with van der Waals surface area (Å²) in [4.78, 5) is 30.5. The highest BCUT2D eigenvalue weighted by atomic mass is 32.1. The lowest BCUT2D eigenvalue weighted by atomic mass is 10.1. The van der Waals surface area contributed by atoms with Crippen LogP contribution in [0.5, 0.6) is 0 Å². The molecule has 0 fully saturated rings. The summed E-state index contributed by atoms with van der Waals surface area (Å²) in [5.74, 6) is -0.355. The van der Waals surface area contributed by atoms with Crippen LogP contribution < -0.4 is 10.1 Å². The van der Waals surface area contributed by atoms with Gasteiger partial charge in [0.25, 0.3) is 5.56 Å². The molecule has 0 bridgehead atoms. The summed E-state index contributed by atoms with van der Waals surface area (Å²) in [5, 5.41) is 1.06. The Hall–Kier alpha value is -4.23. The molecule has 0 N–H and O–H groups in total. The van der Waals surface area contributed by atoms with E-state index in [2.05, 4.69) is 27.9 Å². The van der Waals surface area contributed by atoms with Crippen molar-refractivity contribution in [1.82, 2.24) is 14.0 Å². The quantitative estimate of drug-likeness (QED) is 0.365.